The summed E-state index contributed by atoms with van der Waals surface area (Å²) in [5.41, 5.74) is 0.928. The van der Waals surface area contributed by atoms with E-state index in [0.29, 0.717) is 0 Å². The molecule has 0 aliphatic heterocycles. The SMILES string of the molecule is CCC(OC)c1ccc[n+]([O-])c1. The molecule has 0 saturated carbocycles. The quantitative estimate of drug-likeness (QED) is 0.504. The van der Waals surface area contributed by atoms with Crippen LogP contribution in [0.25, 0.3) is 0 Å². The van der Waals surface area contributed by atoms with Crippen LogP contribution >= 0.6 is 0 Å². The van der Waals surface area contributed by atoms with Crippen molar-refractivity contribution in [2.75, 3.05) is 7.11 Å². The standard InChI is InChI=1S/C9H13NO2/c1-3-9(12-2)8-5-4-6-10(11)7-8/h4-7,9H,3H2,1-2H3. The van der Waals surface area contributed by atoms with Crippen LogP contribution in [0.4, 0.5) is 0 Å². The molecule has 0 aromatic carbocycles. The largest absolute Gasteiger partial charge is 0.619 e. The van der Waals surface area contributed by atoms with Gasteiger partial charge in [-0.2, -0.15) is 4.73 Å². The smallest absolute Gasteiger partial charge is 0.186 e. The Morgan fingerprint density at radius 1 is 1.67 bits per heavy atom. The lowest BCUT2D eigenvalue weighted by Gasteiger charge is -2.11. The maximum Gasteiger partial charge on any atom is 0.186 e. The van der Waals surface area contributed by atoms with E-state index in [2.05, 4.69) is 0 Å². The summed E-state index contributed by atoms with van der Waals surface area (Å²) >= 11 is 0. The van der Waals surface area contributed by atoms with Gasteiger partial charge in [0.25, 0.3) is 0 Å². The monoisotopic (exact) mass is 167 g/mol. The van der Waals surface area contributed by atoms with Gasteiger partial charge in [-0.1, -0.05) is 6.92 Å². The summed E-state index contributed by atoms with van der Waals surface area (Å²) in [5, 5.41) is 10.9. The highest BCUT2D eigenvalue weighted by Gasteiger charge is 2.09. The van der Waals surface area contributed by atoms with Gasteiger partial charge in [-0.25, -0.2) is 0 Å². The van der Waals surface area contributed by atoms with Crippen LogP contribution in [0, 0.1) is 5.21 Å². The number of hydrogen-bond acceptors (Lipinski definition) is 2. The topological polar surface area (TPSA) is 36.2 Å². The van der Waals surface area contributed by atoms with Gasteiger partial charge in [0.2, 0.25) is 0 Å². The summed E-state index contributed by atoms with van der Waals surface area (Å²) in [7, 11) is 1.65. The Morgan fingerprint density at radius 2 is 2.42 bits per heavy atom. The highest BCUT2D eigenvalue weighted by Crippen LogP contribution is 2.17. The summed E-state index contributed by atoms with van der Waals surface area (Å²) in [6.45, 7) is 2.02. The van der Waals surface area contributed by atoms with Crippen LogP contribution in [-0.4, -0.2) is 7.11 Å². The minimum absolute atomic E-state index is 0.0337. The Hall–Kier alpha value is -1.09. The van der Waals surface area contributed by atoms with Crippen LogP contribution in [0.3, 0.4) is 0 Å². The lowest BCUT2D eigenvalue weighted by atomic mass is 10.1. The molecule has 0 spiro atoms. The number of rotatable bonds is 3. The van der Waals surface area contributed by atoms with Gasteiger partial charge in [-0.3, -0.25) is 0 Å². The molecule has 0 amide bonds. The molecule has 0 aliphatic carbocycles. The average Bonchev–Trinajstić information content (AvgIpc) is 2.07. The predicted octanol–water partition coefficient (Wildman–Crippen LogP) is 1.42. The normalized spacial score (nSPS) is 12.8. The number of aromatic nitrogens is 1. The van der Waals surface area contributed by atoms with E-state index in [1.54, 1.807) is 13.2 Å². The van der Waals surface area contributed by atoms with Crippen LogP contribution in [0.1, 0.15) is 25.0 Å². The predicted molar refractivity (Wildman–Crippen MR) is 45.4 cm³/mol. The van der Waals surface area contributed by atoms with E-state index in [9.17, 15) is 5.21 Å². The zero-order chi connectivity index (χ0) is 8.97. The summed E-state index contributed by atoms with van der Waals surface area (Å²) in [6, 6.07) is 3.62. The highest BCUT2D eigenvalue weighted by atomic mass is 16.5. The van der Waals surface area contributed by atoms with Crippen LogP contribution < -0.4 is 4.73 Å². The fourth-order valence-electron chi connectivity index (χ4n) is 1.20. The van der Waals surface area contributed by atoms with Gasteiger partial charge < -0.3 is 9.94 Å². The first kappa shape index (κ1) is 9.00. The minimum Gasteiger partial charge on any atom is -0.619 e. The van der Waals surface area contributed by atoms with E-state index in [1.807, 2.05) is 13.0 Å². The van der Waals surface area contributed by atoms with Crippen LogP contribution in [-0.2, 0) is 4.74 Å². The molecule has 1 atom stereocenters. The van der Waals surface area contributed by atoms with Crippen LogP contribution in [0.2, 0.25) is 0 Å². The van der Waals surface area contributed by atoms with E-state index in [1.165, 1.54) is 12.4 Å². The molecule has 12 heavy (non-hydrogen) atoms. The van der Waals surface area contributed by atoms with Crippen molar-refractivity contribution in [3.8, 4) is 0 Å². The number of methoxy groups -OCH3 is 1. The minimum atomic E-state index is 0.0337. The first-order valence-electron chi connectivity index (χ1n) is 3.99. The van der Waals surface area contributed by atoms with Crippen molar-refractivity contribution in [2.45, 2.75) is 19.4 Å². The molecule has 1 unspecified atom stereocenters. The Kier molecular flexibility index (Phi) is 3.05. The van der Waals surface area contributed by atoms with Crippen molar-refractivity contribution in [2.24, 2.45) is 0 Å². The Morgan fingerprint density at radius 3 is 2.92 bits per heavy atom. The molecule has 0 radical (unpaired) electrons. The Balaban J connectivity index is 2.85. The first-order chi connectivity index (χ1) is 5.77. The first-order valence-corrected chi connectivity index (χ1v) is 3.99. The molecule has 1 rings (SSSR count). The molecule has 1 aromatic heterocycles. The number of nitrogens with zero attached hydrogens (tertiary/aromatic N) is 1. The van der Waals surface area contributed by atoms with Gasteiger partial charge in [0.1, 0.15) is 0 Å². The van der Waals surface area contributed by atoms with Gasteiger partial charge in [0.05, 0.1) is 6.10 Å². The molecular weight excluding hydrogens is 154 g/mol. The van der Waals surface area contributed by atoms with Crippen LogP contribution in [0.5, 0.6) is 0 Å². The maximum atomic E-state index is 10.9. The molecule has 0 saturated heterocycles. The van der Waals surface area contributed by atoms with Crippen LogP contribution in [0.15, 0.2) is 24.5 Å². The van der Waals surface area contributed by atoms with E-state index < -0.39 is 0 Å². The second kappa shape index (κ2) is 4.07. The van der Waals surface area contributed by atoms with Crippen molar-refractivity contribution < 1.29 is 9.47 Å². The van der Waals surface area contributed by atoms with E-state index in [-0.39, 0.29) is 6.10 Å². The van der Waals surface area contributed by atoms with Crippen molar-refractivity contribution in [1.82, 2.24) is 0 Å². The molecule has 3 heteroatoms. The van der Waals surface area contributed by atoms with Gasteiger partial charge in [0, 0.05) is 18.7 Å². The lowest BCUT2D eigenvalue weighted by molar-refractivity contribution is -0.606. The molecule has 1 aromatic rings. The summed E-state index contributed by atoms with van der Waals surface area (Å²) in [5.74, 6) is 0. The van der Waals surface area contributed by atoms with E-state index in [4.69, 9.17) is 4.74 Å². The lowest BCUT2D eigenvalue weighted by Crippen LogP contribution is -2.25. The molecule has 0 N–H and O–H groups in total. The maximum absolute atomic E-state index is 10.9. The van der Waals surface area contributed by atoms with E-state index in [0.717, 1.165) is 16.7 Å². The zero-order valence-corrected chi connectivity index (χ0v) is 7.36. The van der Waals surface area contributed by atoms with Crippen molar-refractivity contribution in [1.29, 1.82) is 0 Å². The van der Waals surface area contributed by atoms with Gasteiger partial charge in [-0.15, -0.1) is 0 Å². The third-order valence-corrected chi connectivity index (χ3v) is 1.83. The fraction of sp³-hybridized carbons (Fsp3) is 0.444. The molecule has 66 valence electrons. The second-order valence-corrected chi connectivity index (χ2v) is 2.63. The van der Waals surface area contributed by atoms with Crippen molar-refractivity contribution in [3.05, 3.63) is 35.3 Å². The zero-order valence-electron chi connectivity index (χ0n) is 7.36. The highest BCUT2D eigenvalue weighted by molar-refractivity contribution is 5.09. The van der Waals surface area contributed by atoms with Gasteiger partial charge in [0.15, 0.2) is 12.4 Å². The average molecular weight is 167 g/mol. The van der Waals surface area contributed by atoms with Crippen molar-refractivity contribution in [3.63, 3.8) is 0 Å². The molecule has 0 aliphatic rings. The Labute approximate surface area is 72.2 Å². The number of pyridine rings is 1. The van der Waals surface area contributed by atoms with Gasteiger partial charge in [-0.05, 0) is 12.5 Å². The third kappa shape index (κ3) is 1.95. The third-order valence-electron chi connectivity index (χ3n) is 1.83. The molecular formula is C9H13NO2. The summed E-state index contributed by atoms with van der Waals surface area (Å²) in [6.07, 6.45) is 3.91. The van der Waals surface area contributed by atoms with Crippen molar-refractivity contribution >= 4 is 0 Å². The molecule has 3 nitrogen and oxygen atoms in total. The number of ether oxygens (including phenoxy) is 1. The van der Waals surface area contributed by atoms with Gasteiger partial charge >= 0.3 is 0 Å². The summed E-state index contributed by atoms with van der Waals surface area (Å²) < 4.78 is 5.98. The Bertz CT molecular complexity index is 246. The number of hydrogen-bond donors (Lipinski definition) is 0. The summed E-state index contributed by atoms with van der Waals surface area (Å²) in [4.78, 5) is 0. The second-order valence-electron chi connectivity index (χ2n) is 2.63. The molecule has 0 bridgehead atoms. The molecule has 0 fully saturated rings. The molecule has 1 heterocycles. The fourth-order valence-corrected chi connectivity index (χ4v) is 1.20. The van der Waals surface area contributed by atoms with E-state index >= 15 is 0 Å².